The van der Waals surface area contributed by atoms with E-state index in [0.717, 1.165) is 38.5 Å². The molecule has 2 heterocycles. The number of piperazine rings is 1. The van der Waals surface area contributed by atoms with Gasteiger partial charge in [-0.2, -0.15) is 23.1 Å². The van der Waals surface area contributed by atoms with Crippen molar-refractivity contribution < 1.29 is 4.79 Å². The zero-order valence-corrected chi connectivity index (χ0v) is 13.8. The first-order valence-corrected chi connectivity index (χ1v) is 9.34. The quantitative estimate of drug-likeness (QED) is 0.849. The number of carbonyl (C=O) groups excluding carboxylic acids is 1. The highest BCUT2D eigenvalue weighted by Crippen LogP contribution is 2.23. The lowest BCUT2D eigenvalue weighted by atomic mass is 10.1. The average molecular weight is 313 g/mol. The summed E-state index contributed by atoms with van der Waals surface area (Å²) in [6.45, 7) is 6.54. The molecule has 1 aliphatic heterocycles. The highest BCUT2D eigenvalue weighted by Gasteiger charge is 2.24. The molecule has 0 aliphatic carbocycles. The van der Waals surface area contributed by atoms with Crippen LogP contribution in [-0.4, -0.2) is 60.6 Å². The second-order valence-electron chi connectivity index (χ2n) is 4.98. The van der Waals surface area contributed by atoms with E-state index in [1.54, 1.807) is 23.1 Å². The summed E-state index contributed by atoms with van der Waals surface area (Å²) in [7, 11) is 0. The number of hydrogen-bond donors (Lipinski definition) is 1. The second kappa shape index (κ2) is 7.90. The van der Waals surface area contributed by atoms with Gasteiger partial charge in [0.2, 0.25) is 0 Å². The van der Waals surface area contributed by atoms with E-state index >= 15 is 0 Å². The van der Waals surface area contributed by atoms with Gasteiger partial charge in [-0.25, -0.2) is 4.79 Å². The molecule has 2 amide bonds. The van der Waals surface area contributed by atoms with Crippen molar-refractivity contribution in [1.82, 2.24) is 15.1 Å². The van der Waals surface area contributed by atoms with E-state index in [0.29, 0.717) is 6.04 Å². The van der Waals surface area contributed by atoms with Crippen molar-refractivity contribution >= 4 is 29.1 Å². The van der Waals surface area contributed by atoms with Crippen LogP contribution in [0.2, 0.25) is 0 Å². The second-order valence-corrected chi connectivity index (χ2v) is 6.75. The fourth-order valence-corrected chi connectivity index (χ4v) is 3.46. The van der Waals surface area contributed by atoms with Gasteiger partial charge in [0.15, 0.2) is 0 Å². The summed E-state index contributed by atoms with van der Waals surface area (Å²) < 4.78 is 0. The number of thiophene rings is 1. The van der Waals surface area contributed by atoms with Crippen LogP contribution in [0.4, 0.5) is 4.79 Å². The summed E-state index contributed by atoms with van der Waals surface area (Å²) >= 11 is 3.50. The van der Waals surface area contributed by atoms with Crippen LogP contribution in [0.5, 0.6) is 0 Å². The third-order valence-corrected chi connectivity index (χ3v) is 5.07. The summed E-state index contributed by atoms with van der Waals surface area (Å²) in [5.74, 6) is 0.973. The highest BCUT2D eigenvalue weighted by molar-refractivity contribution is 7.98. The maximum absolute atomic E-state index is 12.0. The Labute approximate surface area is 129 Å². The van der Waals surface area contributed by atoms with E-state index in [9.17, 15) is 4.79 Å². The third-order valence-electron chi connectivity index (χ3n) is 3.76. The standard InChI is InChI=1S/C14H23N3OS2/c1-12(13-3-9-20-11-13)16-5-7-17(8-6-16)14(18)15-4-10-19-2/h3,9,11-12H,4-8,10H2,1-2H3,(H,15,18). The van der Waals surface area contributed by atoms with E-state index < -0.39 is 0 Å². The van der Waals surface area contributed by atoms with Gasteiger partial charge in [0.1, 0.15) is 0 Å². The molecular weight excluding hydrogens is 290 g/mol. The molecule has 0 radical (unpaired) electrons. The van der Waals surface area contributed by atoms with Crippen molar-refractivity contribution in [2.45, 2.75) is 13.0 Å². The topological polar surface area (TPSA) is 35.6 Å². The summed E-state index contributed by atoms with van der Waals surface area (Å²) in [6.07, 6.45) is 2.05. The predicted octanol–water partition coefficient (Wildman–Crippen LogP) is 2.50. The molecule has 112 valence electrons. The fourth-order valence-electron chi connectivity index (χ4n) is 2.41. The maximum atomic E-state index is 12.0. The summed E-state index contributed by atoms with van der Waals surface area (Å²) in [4.78, 5) is 16.3. The van der Waals surface area contributed by atoms with Crippen LogP contribution in [0.25, 0.3) is 0 Å². The van der Waals surface area contributed by atoms with Crippen molar-refractivity contribution in [2.24, 2.45) is 0 Å². The zero-order chi connectivity index (χ0) is 14.4. The summed E-state index contributed by atoms with van der Waals surface area (Å²) in [5, 5.41) is 7.31. The fraction of sp³-hybridized carbons (Fsp3) is 0.643. The molecule has 0 aromatic carbocycles. The normalized spacial score (nSPS) is 18.0. The molecule has 20 heavy (non-hydrogen) atoms. The SMILES string of the molecule is CSCCNC(=O)N1CCN(C(C)c2ccsc2)CC1. The lowest BCUT2D eigenvalue weighted by molar-refractivity contribution is 0.114. The van der Waals surface area contributed by atoms with Crippen LogP contribution in [0.15, 0.2) is 16.8 Å². The minimum atomic E-state index is 0.0851. The Balaban J connectivity index is 1.76. The van der Waals surface area contributed by atoms with Gasteiger partial charge in [0, 0.05) is 44.5 Å². The molecule has 1 aromatic rings. The van der Waals surface area contributed by atoms with Crippen LogP contribution in [-0.2, 0) is 0 Å². The number of amides is 2. The molecule has 6 heteroatoms. The smallest absolute Gasteiger partial charge is 0.317 e. The summed E-state index contributed by atoms with van der Waals surface area (Å²) in [5.41, 5.74) is 1.38. The Morgan fingerprint density at radius 3 is 2.80 bits per heavy atom. The monoisotopic (exact) mass is 313 g/mol. The molecule has 1 aromatic heterocycles. The van der Waals surface area contributed by atoms with Crippen LogP contribution in [0.3, 0.4) is 0 Å². The van der Waals surface area contributed by atoms with Crippen molar-refractivity contribution in [2.75, 3.05) is 44.7 Å². The molecule has 4 nitrogen and oxygen atoms in total. The molecule has 1 atom stereocenters. The summed E-state index contributed by atoms with van der Waals surface area (Å²) in [6, 6.07) is 2.72. The molecule has 2 rings (SSSR count). The van der Waals surface area contributed by atoms with Gasteiger partial charge in [-0.3, -0.25) is 4.90 Å². The van der Waals surface area contributed by atoms with E-state index in [1.165, 1.54) is 5.56 Å². The zero-order valence-electron chi connectivity index (χ0n) is 12.2. The van der Waals surface area contributed by atoms with E-state index in [-0.39, 0.29) is 6.03 Å². The van der Waals surface area contributed by atoms with Gasteiger partial charge >= 0.3 is 6.03 Å². The molecule has 1 unspecified atom stereocenters. The first-order valence-electron chi connectivity index (χ1n) is 7.00. The van der Waals surface area contributed by atoms with Gasteiger partial charge in [-0.05, 0) is 35.6 Å². The van der Waals surface area contributed by atoms with Crippen LogP contribution in [0, 0.1) is 0 Å². The van der Waals surface area contributed by atoms with E-state index in [4.69, 9.17) is 0 Å². The van der Waals surface area contributed by atoms with Crippen LogP contribution in [0.1, 0.15) is 18.5 Å². The Bertz CT molecular complexity index is 403. The number of hydrogen-bond acceptors (Lipinski definition) is 4. The van der Waals surface area contributed by atoms with Gasteiger partial charge in [0.05, 0.1) is 0 Å². The molecule has 1 fully saturated rings. The lowest BCUT2D eigenvalue weighted by Gasteiger charge is -2.37. The minimum absolute atomic E-state index is 0.0851. The molecule has 0 spiro atoms. The first-order chi connectivity index (χ1) is 9.72. The number of rotatable bonds is 5. The third kappa shape index (κ3) is 4.14. The van der Waals surface area contributed by atoms with Crippen molar-refractivity contribution in [1.29, 1.82) is 0 Å². The number of thioether (sulfide) groups is 1. The molecule has 1 aliphatic rings. The first kappa shape index (κ1) is 15.7. The highest BCUT2D eigenvalue weighted by atomic mass is 32.2. The molecule has 1 N–H and O–H groups in total. The Hall–Kier alpha value is -0.720. The van der Waals surface area contributed by atoms with Gasteiger partial charge < -0.3 is 10.2 Å². The van der Waals surface area contributed by atoms with Crippen molar-refractivity contribution in [3.05, 3.63) is 22.4 Å². The van der Waals surface area contributed by atoms with Gasteiger partial charge in [-0.1, -0.05) is 0 Å². The number of nitrogens with zero attached hydrogens (tertiary/aromatic N) is 2. The lowest BCUT2D eigenvalue weighted by Crippen LogP contribution is -2.52. The molecule has 0 bridgehead atoms. The van der Waals surface area contributed by atoms with E-state index in [1.807, 2.05) is 4.90 Å². The average Bonchev–Trinajstić information content (AvgIpc) is 3.01. The molecule has 1 saturated heterocycles. The number of carbonyl (C=O) groups is 1. The minimum Gasteiger partial charge on any atom is -0.337 e. The van der Waals surface area contributed by atoms with E-state index in [2.05, 4.69) is 40.2 Å². The maximum Gasteiger partial charge on any atom is 0.317 e. The van der Waals surface area contributed by atoms with Gasteiger partial charge in [-0.15, -0.1) is 0 Å². The van der Waals surface area contributed by atoms with Crippen LogP contribution < -0.4 is 5.32 Å². The Morgan fingerprint density at radius 2 is 2.20 bits per heavy atom. The largest absolute Gasteiger partial charge is 0.337 e. The number of urea groups is 1. The van der Waals surface area contributed by atoms with Gasteiger partial charge in [0.25, 0.3) is 0 Å². The van der Waals surface area contributed by atoms with Crippen molar-refractivity contribution in [3.63, 3.8) is 0 Å². The molecular formula is C14H23N3OS2. The number of nitrogens with one attached hydrogen (secondary N) is 1. The Morgan fingerprint density at radius 1 is 1.45 bits per heavy atom. The molecule has 0 saturated carbocycles. The predicted molar refractivity (Wildman–Crippen MR) is 87.7 cm³/mol. The van der Waals surface area contributed by atoms with Crippen LogP contribution >= 0.6 is 23.1 Å². The van der Waals surface area contributed by atoms with Crippen molar-refractivity contribution in [3.8, 4) is 0 Å². The Kier molecular flexibility index (Phi) is 6.19.